The molecule has 0 amide bonds. The molecule has 23 heavy (non-hydrogen) atoms. The van der Waals surface area contributed by atoms with Crippen molar-refractivity contribution in [1.29, 1.82) is 0 Å². The van der Waals surface area contributed by atoms with Crippen LogP contribution >= 0.6 is 0 Å². The van der Waals surface area contributed by atoms with Crippen molar-refractivity contribution in [3.8, 4) is 0 Å². The molecule has 0 aliphatic carbocycles. The molecule has 1 aromatic heterocycles. The van der Waals surface area contributed by atoms with Crippen LogP contribution in [0, 0.1) is 0 Å². The van der Waals surface area contributed by atoms with E-state index in [-0.39, 0.29) is 5.82 Å². The molecule has 0 spiro atoms. The van der Waals surface area contributed by atoms with Gasteiger partial charge in [-0.15, -0.1) is 0 Å². The van der Waals surface area contributed by atoms with E-state index in [4.69, 9.17) is 0 Å². The van der Waals surface area contributed by atoms with E-state index >= 15 is 0 Å². The average Bonchev–Trinajstić information content (AvgIpc) is 2.54. The fourth-order valence-corrected chi connectivity index (χ4v) is 1.70. The average molecular weight is 323 g/mol. The Morgan fingerprint density at radius 2 is 2.00 bits per heavy atom. The predicted octanol–water partition coefficient (Wildman–Crippen LogP) is 3.33. The summed E-state index contributed by atoms with van der Waals surface area (Å²) < 4.78 is 41.9. The number of hydrogen-bond acceptors (Lipinski definition) is 5. The molecule has 5 nitrogen and oxygen atoms in total. The first kappa shape index (κ1) is 16.5. The number of aromatic nitrogens is 1. The third-order valence-corrected chi connectivity index (χ3v) is 2.84. The lowest BCUT2D eigenvalue weighted by Crippen LogP contribution is -2.06. The van der Waals surface area contributed by atoms with Crippen LogP contribution in [0.1, 0.15) is 21.5 Å². The van der Waals surface area contributed by atoms with Crippen molar-refractivity contribution in [1.82, 2.24) is 4.98 Å². The van der Waals surface area contributed by atoms with Crippen LogP contribution in [0.25, 0.3) is 0 Å². The molecule has 0 saturated heterocycles. The maximum Gasteiger partial charge on any atom is 0.417 e. The van der Waals surface area contributed by atoms with Gasteiger partial charge in [0, 0.05) is 11.8 Å². The monoisotopic (exact) mass is 323 g/mol. The van der Waals surface area contributed by atoms with Crippen molar-refractivity contribution in [2.24, 2.45) is 5.10 Å². The quantitative estimate of drug-likeness (QED) is 0.532. The molecule has 0 aliphatic heterocycles. The zero-order valence-electron chi connectivity index (χ0n) is 12.0. The Hall–Kier alpha value is -2.90. The molecule has 1 N–H and O–H groups in total. The van der Waals surface area contributed by atoms with Crippen molar-refractivity contribution < 1.29 is 22.7 Å². The van der Waals surface area contributed by atoms with Crippen molar-refractivity contribution in [3.63, 3.8) is 0 Å². The summed E-state index contributed by atoms with van der Waals surface area (Å²) >= 11 is 0. The minimum atomic E-state index is -4.44. The third-order valence-electron chi connectivity index (χ3n) is 2.84. The largest absolute Gasteiger partial charge is 0.465 e. The number of hydrogen-bond donors (Lipinski definition) is 1. The van der Waals surface area contributed by atoms with Gasteiger partial charge in [-0.25, -0.2) is 9.78 Å². The lowest BCUT2D eigenvalue weighted by atomic mass is 10.1. The van der Waals surface area contributed by atoms with E-state index in [0.29, 0.717) is 17.3 Å². The van der Waals surface area contributed by atoms with Crippen LogP contribution < -0.4 is 5.43 Å². The second-order valence-electron chi connectivity index (χ2n) is 4.38. The molecule has 8 heteroatoms. The molecular formula is C15H12F3N3O2. The fourth-order valence-electron chi connectivity index (χ4n) is 1.70. The number of methoxy groups -OCH3 is 1. The second-order valence-corrected chi connectivity index (χ2v) is 4.38. The Morgan fingerprint density at radius 3 is 2.61 bits per heavy atom. The highest BCUT2D eigenvalue weighted by molar-refractivity contribution is 5.99. The normalized spacial score (nSPS) is 11.5. The topological polar surface area (TPSA) is 63.6 Å². The minimum Gasteiger partial charge on any atom is -0.465 e. The van der Waals surface area contributed by atoms with Gasteiger partial charge in [-0.2, -0.15) is 18.3 Å². The second kappa shape index (κ2) is 6.91. The van der Waals surface area contributed by atoms with Gasteiger partial charge in [0.2, 0.25) is 0 Å². The number of carbonyl (C=O) groups excluding carboxylic acids is 1. The third kappa shape index (κ3) is 4.29. The molecule has 120 valence electrons. The molecule has 0 unspecified atom stereocenters. The number of ether oxygens (including phenoxy) is 1. The zero-order valence-corrected chi connectivity index (χ0v) is 12.0. The van der Waals surface area contributed by atoms with E-state index < -0.39 is 17.7 Å². The van der Waals surface area contributed by atoms with E-state index in [0.717, 1.165) is 12.1 Å². The molecule has 0 saturated carbocycles. The first-order chi connectivity index (χ1) is 10.9. The van der Waals surface area contributed by atoms with Crippen LogP contribution in [-0.2, 0) is 10.9 Å². The summed E-state index contributed by atoms with van der Waals surface area (Å²) in [4.78, 5) is 15.2. The lowest BCUT2D eigenvalue weighted by molar-refractivity contribution is -0.137. The lowest BCUT2D eigenvalue weighted by Gasteiger charge is -2.06. The van der Waals surface area contributed by atoms with E-state index in [1.807, 2.05) is 0 Å². The number of nitrogens with one attached hydrogen (secondary N) is 1. The SMILES string of the molecule is COC(=O)c1ccccc1/C=N\Nc1ccc(C(F)(F)F)cn1. The fraction of sp³-hybridized carbons (Fsp3) is 0.133. The number of halogens is 3. The highest BCUT2D eigenvalue weighted by Gasteiger charge is 2.30. The Morgan fingerprint density at radius 1 is 1.26 bits per heavy atom. The molecule has 0 fully saturated rings. The maximum absolute atomic E-state index is 12.4. The van der Waals surface area contributed by atoms with E-state index in [2.05, 4.69) is 20.2 Å². The molecule has 2 aromatic rings. The van der Waals surface area contributed by atoms with Crippen LogP contribution in [-0.4, -0.2) is 24.3 Å². The van der Waals surface area contributed by atoms with Gasteiger partial charge in [-0.1, -0.05) is 18.2 Å². The molecule has 0 atom stereocenters. The maximum atomic E-state index is 12.4. The van der Waals surface area contributed by atoms with Crippen LogP contribution in [0.15, 0.2) is 47.7 Å². The van der Waals surface area contributed by atoms with Gasteiger partial charge in [0.25, 0.3) is 0 Å². The van der Waals surface area contributed by atoms with Gasteiger partial charge in [0.15, 0.2) is 0 Å². The van der Waals surface area contributed by atoms with Crippen molar-refractivity contribution >= 4 is 18.0 Å². The van der Waals surface area contributed by atoms with Crippen molar-refractivity contribution in [2.75, 3.05) is 12.5 Å². The Kier molecular flexibility index (Phi) is 4.95. The number of esters is 1. The smallest absolute Gasteiger partial charge is 0.417 e. The van der Waals surface area contributed by atoms with Gasteiger partial charge in [-0.3, -0.25) is 5.43 Å². The number of benzene rings is 1. The summed E-state index contributed by atoms with van der Waals surface area (Å²) in [5.74, 6) is -0.371. The first-order valence-electron chi connectivity index (χ1n) is 6.41. The van der Waals surface area contributed by atoms with Crippen LogP contribution in [0.2, 0.25) is 0 Å². The van der Waals surface area contributed by atoms with E-state index in [1.165, 1.54) is 13.3 Å². The molecule has 2 rings (SSSR count). The molecule has 1 aromatic carbocycles. The summed E-state index contributed by atoms with van der Waals surface area (Å²) in [5.41, 5.74) is 2.47. The van der Waals surface area contributed by atoms with Crippen LogP contribution in [0.5, 0.6) is 0 Å². The Bertz CT molecular complexity index is 713. The summed E-state index contributed by atoms with van der Waals surface area (Å²) in [5, 5.41) is 3.85. The number of hydrazone groups is 1. The number of pyridine rings is 1. The molecule has 0 aliphatic rings. The van der Waals surface area contributed by atoms with Gasteiger partial charge in [0.1, 0.15) is 5.82 Å². The molecule has 0 bridgehead atoms. The number of carbonyl (C=O) groups is 1. The van der Waals surface area contributed by atoms with Crippen LogP contribution in [0.3, 0.4) is 0 Å². The Labute approximate surface area is 129 Å². The minimum absolute atomic E-state index is 0.143. The zero-order chi connectivity index (χ0) is 16.9. The number of anilines is 1. The van der Waals surface area contributed by atoms with Gasteiger partial charge in [-0.05, 0) is 18.2 Å². The summed E-state index contributed by atoms with van der Waals surface area (Å²) in [6.45, 7) is 0. The molecule has 0 radical (unpaired) electrons. The highest BCUT2D eigenvalue weighted by atomic mass is 19.4. The summed E-state index contributed by atoms with van der Waals surface area (Å²) in [6, 6.07) is 8.67. The standard InChI is InChI=1S/C15H12F3N3O2/c1-23-14(22)12-5-3-2-4-10(12)8-20-21-13-7-6-11(9-19-13)15(16,17)18/h2-9H,1H3,(H,19,21)/b20-8-. The predicted molar refractivity (Wildman–Crippen MR) is 78.2 cm³/mol. The summed E-state index contributed by atoms with van der Waals surface area (Å²) in [7, 11) is 1.26. The van der Waals surface area contributed by atoms with E-state index in [1.54, 1.807) is 24.3 Å². The molecule has 1 heterocycles. The van der Waals surface area contributed by atoms with Crippen molar-refractivity contribution in [3.05, 3.63) is 59.3 Å². The van der Waals surface area contributed by atoms with Gasteiger partial charge in [0.05, 0.1) is 24.5 Å². The Balaban J connectivity index is 2.09. The number of alkyl halides is 3. The number of rotatable bonds is 4. The first-order valence-corrected chi connectivity index (χ1v) is 6.41. The number of nitrogens with zero attached hydrogens (tertiary/aromatic N) is 2. The van der Waals surface area contributed by atoms with Gasteiger partial charge < -0.3 is 4.74 Å². The molecular weight excluding hydrogens is 311 g/mol. The highest BCUT2D eigenvalue weighted by Crippen LogP contribution is 2.28. The summed E-state index contributed by atoms with van der Waals surface area (Å²) in [6.07, 6.45) is -2.37. The van der Waals surface area contributed by atoms with Crippen LogP contribution in [0.4, 0.5) is 19.0 Å². The van der Waals surface area contributed by atoms with Crippen molar-refractivity contribution in [2.45, 2.75) is 6.18 Å². The van der Waals surface area contributed by atoms with Gasteiger partial charge >= 0.3 is 12.1 Å². The van der Waals surface area contributed by atoms with E-state index in [9.17, 15) is 18.0 Å².